The van der Waals surface area contributed by atoms with Gasteiger partial charge in [0.05, 0.1) is 12.0 Å². The quantitative estimate of drug-likeness (QED) is 0.193. The fourth-order valence-electron chi connectivity index (χ4n) is 4.10. The third-order valence-corrected chi connectivity index (χ3v) is 6.01. The van der Waals surface area contributed by atoms with Gasteiger partial charge in [0.25, 0.3) is 0 Å². The van der Waals surface area contributed by atoms with Gasteiger partial charge in [0.2, 0.25) is 5.91 Å². The van der Waals surface area contributed by atoms with Gasteiger partial charge in [-0.15, -0.1) is 0 Å². The van der Waals surface area contributed by atoms with E-state index in [4.69, 9.17) is 0 Å². The summed E-state index contributed by atoms with van der Waals surface area (Å²) < 4.78 is 0. The second-order valence-corrected chi connectivity index (χ2v) is 9.08. The first-order valence-corrected chi connectivity index (χ1v) is 13.1. The molecular weight excluding hydrogens is 397 g/mol. The van der Waals surface area contributed by atoms with Crippen LogP contribution in [0.15, 0.2) is 0 Å². The van der Waals surface area contributed by atoms with Crippen LogP contribution < -0.4 is 40.0 Å². The maximum absolute atomic E-state index is 11.0. The fraction of sp³-hybridized carbons (Fsp3) is 0.923. The number of unbranched alkanes of at least 4 members (excludes halogenated alkanes) is 19. The van der Waals surface area contributed by atoms with Crippen molar-refractivity contribution in [3.8, 4) is 0 Å². The number of carboxylic acid groups (broad SMARTS) is 1. The molecule has 0 spiro atoms. The van der Waals surface area contributed by atoms with Crippen LogP contribution in [0.4, 0.5) is 0 Å². The van der Waals surface area contributed by atoms with E-state index in [1.807, 2.05) is 0 Å². The summed E-state index contributed by atoms with van der Waals surface area (Å²) in [4.78, 5) is 21.9. The van der Waals surface area contributed by atoms with Crippen molar-refractivity contribution in [2.75, 3.05) is 0 Å². The molecule has 1 atom stereocenters. The zero-order chi connectivity index (χ0) is 22.3. The number of amides is 1. The summed E-state index contributed by atoms with van der Waals surface area (Å²) in [6.45, 7) is 3.62. The van der Waals surface area contributed by atoms with Crippen LogP contribution in [0, 0.1) is 0 Å². The van der Waals surface area contributed by atoms with E-state index in [1.165, 1.54) is 116 Å². The molecule has 0 heterocycles. The van der Waals surface area contributed by atoms with Gasteiger partial charge >= 0.3 is 29.6 Å². The number of hydrogen-bond donors (Lipinski definition) is 1. The van der Waals surface area contributed by atoms with Gasteiger partial charge in [0, 0.05) is 6.92 Å². The first-order chi connectivity index (χ1) is 14.6. The topological polar surface area (TPSA) is 69.2 Å². The number of carboxylic acids is 1. The van der Waals surface area contributed by atoms with E-state index < -0.39 is 12.0 Å². The smallest absolute Gasteiger partial charge is 0.548 e. The molecule has 1 amide bonds. The molecule has 178 valence electrons. The molecule has 0 fully saturated rings. The van der Waals surface area contributed by atoms with Crippen molar-refractivity contribution in [2.45, 2.75) is 155 Å². The number of hydrogen-bond acceptors (Lipinski definition) is 3. The molecule has 31 heavy (non-hydrogen) atoms. The van der Waals surface area contributed by atoms with Crippen LogP contribution in [0.5, 0.6) is 0 Å². The van der Waals surface area contributed by atoms with Crippen molar-refractivity contribution in [3.63, 3.8) is 0 Å². The normalized spacial score (nSPS) is 11.7. The van der Waals surface area contributed by atoms with Crippen LogP contribution in [-0.2, 0) is 9.59 Å². The molecule has 0 radical (unpaired) electrons. The Bertz CT molecular complexity index is 404. The Morgan fingerprint density at radius 3 is 1.16 bits per heavy atom. The Labute approximate surface area is 215 Å². The van der Waals surface area contributed by atoms with E-state index in [0.29, 0.717) is 6.42 Å². The Kier molecular flexibility index (Phi) is 28.0. The van der Waals surface area contributed by atoms with E-state index in [2.05, 4.69) is 12.2 Å². The van der Waals surface area contributed by atoms with Gasteiger partial charge in [-0.05, 0) is 6.42 Å². The van der Waals surface area contributed by atoms with Gasteiger partial charge in [0.15, 0.2) is 0 Å². The number of nitrogens with one attached hydrogen (secondary N) is 1. The van der Waals surface area contributed by atoms with Crippen LogP contribution in [0.3, 0.4) is 0 Å². The zero-order valence-electron chi connectivity index (χ0n) is 21.2. The van der Waals surface area contributed by atoms with Crippen molar-refractivity contribution < 1.29 is 44.3 Å². The van der Waals surface area contributed by atoms with Crippen LogP contribution in [0.25, 0.3) is 0 Å². The van der Waals surface area contributed by atoms with Crippen LogP contribution in [-0.4, -0.2) is 17.9 Å². The second-order valence-electron chi connectivity index (χ2n) is 9.08. The van der Waals surface area contributed by atoms with Crippen molar-refractivity contribution >= 4 is 11.9 Å². The molecule has 0 saturated heterocycles. The van der Waals surface area contributed by atoms with E-state index in [1.54, 1.807) is 0 Å². The second kappa shape index (κ2) is 26.2. The Balaban J connectivity index is 0. The van der Waals surface area contributed by atoms with E-state index in [-0.39, 0.29) is 35.5 Å². The first-order valence-electron chi connectivity index (χ1n) is 13.1. The molecule has 0 rings (SSSR count). The zero-order valence-corrected chi connectivity index (χ0v) is 23.2. The van der Waals surface area contributed by atoms with E-state index >= 15 is 0 Å². The van der Waals surface area contributed by atoms with Gasteiger partial charge in [-0.25, -0.2) is 0 Å². The summed E-state index contributed by atoms with van der Waals surface area (Å²) in [5.41, 5.74) is 0. The molecule has 0 aliphatic carbocycles. The molecular formula is C26H50NNaO3. The molecule has 0 saturated carbocycles. The van der Waals surface area contributed by atoms with Crippen LogP contribution >= 0.6 is 0 Å². The Morgan fingerprint density at radius 2 is 0.903 bits per heavy atom. The summed E-state index contributed by atoms with van der Waals surface area (Å²) in [5.74, 6) is -1.49. The largest absolute Gasteiger partial charge is 1.00 e. The predicted molar refractivity (Wildman–Crippen MR) is 125 cm³/mol. The molecule has 0 aliphatic heterocycles. The minimum atomic E-state index is -1.18. The Hall–Kier alpha value is -0.0600. The van der Waals surface area contributed by atoms with Gasteiger partial charge in [-0.3, -0.25) is 4.79 Å². The molecule has 4 nitrogen and oxygen atoms in total. The Morgan fingerprint density at radius 1 is 0.613 bits per heavy atom. The van der Waals surface area contributed by atoms with Gasteiger partial charge in [0.1, 0.15) is 0 Å². The monoisotopic (exact) mass is 447 g/mol. The fourth-order valence-corrected chi connectivity index (χ4v) is 4.10. The van der Waals surface area contributed by atoms with Gasteiger partial charge < -0.3 is 15.2 Å². The molecule has 5 heteroatoms. The summed E-state index contributed by atoms with van der Waals surface area (Å²) in [6, 6.07) is -0.835. The predicted octanol–water partition coefficient (Wildman–Crippen LogP) is 3.46. The van der Waals surface area contributed by atoms with E-state index in [9.17, 15) is 14.7 Å². The van der Waals surface area contributed by atoms with E-state index in [0.717, 1.165) is 19.3 Å². The van der Waals surface area contributed by atoms with Gasteiger partial charge in [-0.2, -0.15) is 0 Å². The average Bonchev–Trinajstić information content (AvgIpc) is 2.71. The molecule has 0 bridgehead atoms. The van der Waals surface area contributed by atoms with Crippen LogP contribution in [0.1, 0.15) is 149 Å². The summed E-state index contributed by atoms with van der Waals surface area (Å²) in [5, 5.41) is 13.4. The standard InChI is InChI=1S/C26H51NO3.Na/c1-3-4-5-6-7-8-9-10-11-12-13-14-15-16-17-18-19-20-21-22-23-25(26(29)30)27-24(2)28;/h25H,3-23H2,1-2H3,(H,27,28)(H,29,30);/q;+1/p-1. The SMILES string of the molecule is CCCCCCCCCCCCCCCCCCCCCCC(NC(C)=O)C(=O)[O-].[Na+]. The molecule has 1 unspecified atom stereocenters. The van der Waals surface area contributed by atoms with Gasteiger partial charge in [-0.1, -0.05) is 135 Å². The van der Waals surface area contributed by atoms with Crippen molar-refractivity contribution in [1.82, 2.24) is 5.32 Å². The third kappa shape index (κ3) is 26.1. The maximum Gasteiger partial charge on any atom is 1.00 e. The third-order valence-electron chi connectivity index (χ3n) is 6.01. The van der Waals surface area contributed by atoms with Crippen LogP contribution in [0.2, 0.25) is 0 Å². The van der Waals surface area contributed by atoms with Crippen molar-refractivity contribution in [2.24, 2.45) is 0 Å². The number of aliphatic carboxylic acids is 1. The molecule has 0 aromatic heterocycles. The maximum atomic E-state index is 11.0. The minimum absolute atomic E-state index is 0. The molecule has 0 aromatic carbocycles. The number of carbonyl (C=O) groups excluding carboxylic acids is 2. The molecule has 1 N–H and O–H groups in total. The molecule has 0 aromatic rings. The minimum Gasteiger partial charge on any atom is -0.548 e. The van der Waals surface area contributed by atoms with Crippen molar-refractivity contribution in [1.29, 1.82) is 0 Å². The first kappa shape index (κ1) is 33.1. The molecule has 0 aliphatic rings. The number of rotatable bonds is 23. The average molecular weight is 448 g/mol. The summed E-state index contributed by atoms with van der Waals surface area (Å²) in [7, 11) is 0. The summed E-state index contributed by atoms with van der Waals surface area (Å²) >= 11 is 0. The summed E-state index contributed by atoms with van der Waals surface area (Å²) in [6.07, 6.45) is 27.1. The van der Waals surface area contributed by atoms with Crippen molar-refractivity contribution in [3.05, 3.63) is 0 Å². The number of carbonyl (C=O) groups is 2.